The molecule has 0 bridgehead atoms. The molecule has 0 spiro atoms. The Bertz CT molecular complexity index is 1010. The van der Waals surface area contributed by atoms with Gasteiger partial charge in [-0.05, 0) is 40.6 Å². The maximum absolute atomic E-state index is 12.8. The van der Waals surface area contributed by atoms with Crippen molar-refractivity contribution in [3.63, 3.8) is 0 Å². The minimum Gasteiger partial charge on any atom is -0.369 e. The molecule has 0 aromatic heterocycles. The van der Waals surface area contributed by atoms with E-state index in [9.17, 15) is 8.42 Å². The van der Waals surface area contributed by atoms with Gasteiger partial charge >= 0.3 is 0 Å². The van der Waals surface area contributed by atoms with E-state index in [2.05, 4.69) is 4.99 Å². The van der Waals surface area contributed by atoms with Gasteiger partial charge in [0.25, 0.3) is 0 Å². The normalized spacial score (nSPS) is 11.9. The first-order valence-electron chi connectivity index (χ1n) is 7.96. The molecule has 0 radical (unpaired) electrons. The molecule has 3 aromatic carbocycles. The third kappa shape index (κ3) is 3.72. The summed E-state index contributed by atoms with van der Waals surface area (Å²) in [6, 6.07) is 19.6. The van der Waals surface area contributed by atoms with Gasteiger partial charge in [0.1, 0.15) is 0 Å². The van der Waals surface area contributed by atoms with E-state index >= 15 is 0 Å². The summed E-state index contributed by atoms with van der Waals surface area (Å²) < 4.78 is 25.6. The lowest BCUT2D eigenvalue weighted by molar-refractivity contribution is 0.596. The van der Waals surface area contributed by atoms with Gasteiger partial charge in [-0.3, -0.25) is 4.99 Å². The van der Waals surface area contributed by atoms with Crippen molar-refractivity contribution in [3.8, 4) is 0 Å². The highest BCUT2D eigenvalue weighted by molar-refractivity contribution is 7.91. The van der Waals surface area contributed by atoms with Gasteiger partial charge in [0.05, 0.1) is 22.7 Å². The summed E-state index contributed by atoms with van der Waals surface area (Å²) in [5, 5.41) is 1.92. The molecule has 0 heterocycles. The van der Waals surface area contributed by atoms with Crippen LogP contribution in [-0.2, 0) is 16.4 Å². The number of aliphatic imine (C=N–C) groups is 1. The van der Waals surface area contributed by atoms with Crippen LogP contribution in [0.4, 0.5) is 0 Å². The summed E-state index contributed by atoms with van der Waals surface area (Å²) in [4.78, 5) is 6.89. The average Bonchev–Trinajstić information content (AvgIpc) is 2.62. The van der Waals surface area contributed by atoms with Crippen molar-refractivity contribution in [2.24, 2.45) is 4.99 Å². The SMILES string of the molecule is CN(C)/C=N/Cc1cccc2cc(S(=O)(=O)c3ccccc3)ccc12. The lowest BCUT2D eigenvalue weighted by Crippen LogP contribution is -2.07. The quantitative estimate of drug-likeness (QED) is 0.519. The molecular formula is C20H20N2O2S. The molecule has 0 aliphatic rings. The zero-order valence-electron chi connectivity index (χ0n) is 14.3. The van der Waals surface area contributed by atoms with Crippen LogP contribution < -0.4 is 0 Å². The van der Waals surface area contributed by atoms with E-state index in [1.54, 1.807) is 48.8 Å². The number of benzene rings is 3. The van der Waals surface area contributed by atoms with Crippen molar-refractivity contribution in [1.82, 2.24) is 4.90 Å². The fraction of sp³-hybridized carbons (Fsp3) is 0.150. The van der Waals surface area contributed by atoms with Gasteiger partial charge in [-0.1, -0.05) is 42.5 Å². The molecule has 128 valence electrons. The van der Waals surface area contributed by atoms with E-state index in [1.807, 2.05) is 43.3 Å². The Labute approximate surface area is 148 Å². The fourth-order valence-electron chi connectivity index (χ4n) is 2.67. The van der Waals surface area contributed by atoms with Crippen LogP contribution in [0.2, 0.25) is 0 Å². The summed E-state index contributed by atoms with van der Waals surface area (Å²) in [5.41, 5.74) is 1.07. The van der Waals surface area contributed by atoms with Crippen molar-refractivity contribution in [3.05, 3.63) is 72.3 Å². The molecule has 0 saturated heterocycles. The Morgan fingerprint density at radius 2 is 1.68 bits per heavy atom. The molecule has 0 amide bonds. The monoisotopic (exact) mass is 352 g/mol. The number of rotatable bonds is 5. The second-order valence-electron chi connectivity index (χ2n) is 6.04. The third-order valence-corrected chi connectivity index (χ3v) is 5.65. The first-order valence-corrected chi connectivity index (χ1v) is 9.45. The summed E-state index contributed by atoms with van der Waals surface area (Å²) in [6.45, 7) is 0.556. The van der Waals surface area contributed by atoms with Gasteiger partial charge in [0, 0.05) is 14.1 Å². The van der Waals surface area contributed by atoms with Gasteiger partial charge < -0.3 is 4.90 Å². The number of fused-ring (bicyclic) bond motifs is 1. The van der Waals surface area contributed by atoms with Gasteiger partial charge in [-0.2, -0.15) is 0 Å². The van der Waals surface area contributed by atoms with Crippen LogP contribution in [0.25, 0.3) is 10.8 Å². The Balaban J connectivity index is 2.02. The standard InChI is InChI=1S/C20H20N2O2S/c1-22(2)15-21-14-17-8-6-7-16-13-19(11-12-20(16)17)25(23,24)18-9-4-3-5-10-18/h3-13,15H,14H2,1-2H3/b21-15+. The molecule has 25 heavy (non-hydrogen) atoms. The van der Waals surface area contributed by atoms with Gasteiger partial charge in [0.2, 0.25) is 9.84 Å². The van der Waals surface area contributed by atoms with E-state index in [-0.39, 0.29) is 0 Å². The lowest BCUT2D eigenvalue weighted by Gasteiger charge is -2.09. The first kappa shape index (κ1) is 17.2. The van der Waals surface area contributed by atoms with E-state index in [0.29, 0.717) is 16.3 Å². The molecule has 0 N–H and O–H groups in total. The predicted molar refractivity (Wildman–Crippen MR) is 102 cm³/mol. The minimum atomic E-state index is -3.51. The van der Waals surface area contributed by atoms with Crippen molar-refractivity contribution in [2.75, 3.05) is 14.1 Å². The van der Waals surface area contributed by atoms with E-state index in [1.165, 1.54) is 0 Å². The van der Waals surface area contributed by atoms with Gasteiger partial charge in [-0.15, -0.1) is 0 Å². The number of hydrogen-bond donors (Lipinski definition) is 0. The highest BCUT2D eigenvalue weighted by Gasteiger charge is 2.17. The first-order chi connectivity index (χ1) is 12.0. The maximum atomic E-state index is 12.8. The van der Waals surface area contributed by atoms with Crippen LogP contribution >= 0.6 is 0 Å². The molecule has 0 aliphatic heterocycles. The summed E-state index contributed by atoms with van der Waals surface area (Å²) >= 11 is 0. The van der Waals surface area contributed by atoms with E-state index in [0.717, 1.165) is 16.3 Å². The highest BCUT2D eigenvalue weighted by atomic mass is 32.2. The Morgan fingerprint density at radius 3 is 2.40 bits per heavy atom. The molecule has 0 unspecified atom stereocenters. The van der Waals surface area contributed by atoms with Crippen molar-refractivity contribution in [2.45, 2.75) is 16.3 Å². The molecule has 5 heteroatoms. The number of nitrogens with zero attached hydrogens (tertiary/aromatic N) is 2. The molecule has 3 rings (SSSR count). The molecule has 3 aromatic rings. The Kier molecular flexibility index (Phi) is 4.86. The fourth-order valence-corrected chi connectivity index (χ4v) is 3.99. The maximum Gasteiger partial charge on any atom is 0.206 e. The lowest BCUT2D eigenvalue weighted by atomic mass is 10.0. The largest absolute Gasteiger partial charge is 0.369 e. The Hall–Kier alpha value is -2.66. The van der Waals surface area contributed by atoms with Crippen LogP contribution in [0.5, 0.6) is 0 Å². The number of hydrogen-bond acceptors (Lipinski definition) is 3. The van der Waals surface area contributed by atoms with E-state index < -0.39 is 9.84 Å². The summed E-state index contributed by atoms with van der Waals surface area (Å²) in [6.07, 6.45) is 1.77. The van der Waals surface area contributed by atoms with Crippen LogP contribution in [0.15, 0.2) is 81.5 Å². The molecule has 0 aliphatic carbocycles. The molecular weight excluding hydrogens is 332 g/mol. The molecule has 4 nitrogen and oxygen atoms in total. The zero-order chi connectivity index (χ0) is 17.9. The highest BCUT2D eigenvalue weighted by Crippen LogP contribution is 2.26. The van der Waals surface area contributed by atoms with E-state index in [4.69, 9.17) is 0 Å². The smallest absolute Gasteiger partial charge is 0.206 e. The van der Waals surface area contributed by atoms with Crippen LogP contribution in [0, 0.1) is 0 Å². The minimum absolute atomic E-state index is 0.306. The third-order valence-electron chi connectivity index (χ3n) is 3.88. The second kappa shape index (κ2) is 7.07. The molecule has 0 fully saturated rings. The molecule has 0 atom stereocenters. The molecule has 0 saturated carbocycles. The van der Waals surface area contributed by atoms with Crippen molar-refractivity contribution >= 4 is 26.9 Å². The van der Waals surface area contributed by atoms with Crippen molar-refractivity contribution in [1.29, 1.82) is 0 Å². The van der Waals surface area contributed by atoms with Gasteiger partial charge in [-0.25, -0.2) is 8.42 Å². The van der Waals surface area contributed by atoms with Crippen LogP contribution in [0.1, 0.15) is 5.56 Å². The average molecular weight is 352 g/mol. The summed E-state index contributed by atoms with van der Waals surface area (Å²) in [7, 11) is 0.340. The van der Waals surface area contributed by atoms with Crippen molar-refractivity contribution < 1.29 is 8.42 Å². The van der Waals surface area contributed by atoms with Crippen LogP contribution in [-0.4, -0.2) is 33.8 Å². The Morgan fingerprint density at radius 1 is 0.920 bits per heavy atom. The zero-order valence-corrected chi connectivity index (χ0v) is 15.1. The predicted octanol–water partition coefficient (Wildman–Crippen LogP) is 3.76. The topological polar surface area (TPSA) is 49.7 Å². The van der Waals surface area contributed by atoms with Crippen LogP contribution in [0.3, 0.4) is 0 Å². The summed E-state index contributed by atoms with van der Waals surface area (Å²) in [5.74, 6) is 0. The van der Waals surface area contributed by atoms with Gasteiger partial charge in [0.15, 0.2) is 0 Å². The second-order valence-corrected chi connectivity index (χ2v) is 7.99. The number of sulfone groups is 1.